The molecule has 1 heterocycles. The van der Waals surface area contributed by atoms with Crippen LogP contribution in [0.25, 0.3) is 0 Å². The third-order valence-electron chi connectivity index (χ3n) is 5.03. The van der Waals surface area contributed by atoms with Gasteiger partial charge in [0.25, 0.3) is 0 Å². The van der Waals surface area contributed by atoms with Crippen LogP contribution in [0, 0.1) is 5.92 Å². The first-order valence-electron chi connectivity index (χ1n) is 9.76. The van der Waals surface area contributed by atoms with Gasteiger partial charge in [0.15, 0.2) is 0 Å². The highest BCUT2D eigenvalue weighted by Gasteiger charge is 2.29. The molecule has 1 aromatic carbocycles. The Hall–Kier alpha value is -2.82. The van der Waals surface area contributed by atoms with Crippen molar-refractivity contribution in [1.29, 1.82) is 0 Å². The minimum Gasteiger partial charge on any atom is -0.454 e. The van der Waals surface area contributed by atoms with Gasteiger partial charge in [-0.3, -0.25) is 0 Å². The predicted octanol–water partition coefficient (Wildman–Crippen LogP) is 4.66. The number of nitrogens with one attached hydrogen (secondary N) is 1. The number of hydrogen-bond acceptors (Lipinski definition) is 4. The minimum atomic E-state index is -0.441. The molecule has 1 amide bonds. The third-order valence-corrected chi connectivity index (χ3v) is 5.03. The molecule has 2 unspecified atom stereocenters. The molecule has 1 N–H and O–H groups in total. The quantitative estimate of drug-likeness (QED) is 0.575. The third kappa shape index (κ3) is 4.91. The van der Waals surface area contributed by atoms with Crippen LogP contribution in [0.4, 0.5) is 4.79 Å². The van der Waals surface area contributed by atoms with E-state index in [9.17, 15) is 9.59 Å². The van der Waals surface area contributed by atoms with Gasteiger partial charge < -0.3 is 14.8 Å². The zero-order valence-corrected chi connectivity index (χ0v) is 16.6. The van der Waals surface area contributed by atoms with Crippen molar-refractivity contribution >= 4 is 12.1 Å². The number of fused-ring (bicyclic) bond motifs is 1. The van der Waals surface area contributed by atoms with Crippen LogP contribution in [0.15, 0.2) is 59.7 Å². The fourth-order valence-electron chi connectivity index (χ4n) is 3.51. The van der Waals surface area contributed by atoms with Gasteiger partial charge in [-0.2, -0.15) is 0 Å². The second kappa shape index (κ2) is 8.91. The lowest BCUT2D eigenvalue weighted by Crippen LogP contribution is -2.31. The number of amides is 1. The molecular weight excluding hydrogens is 354 g/mol. The van der Waals surface area contributed by atoms with Crippen molar-refractivity contribution in [3.63, 3.8) is 0 Å². The first-order valence-corrected chi connectivity index (χ1v) is 9.76. The SMILES string of the molecule is CC1=CC(=O)OC2C=C(CCCNC(=O)Oc3ccccc3C(C)C)C=CC12. The van der Waals surface area contributed by atoms with Crippen LogP contribution < -0.4 is 10.1 Å². The Balaban J connectivity index is 1.45. The van der Waals surface area contributed by atoms with Gasteiger partial charge in [-0.15, -0.1) is 0 Å². The molecule has 1 aliphatic heterocycles. The summed E-state index contributed by atoms with van der Waals surface area (Å²) < 4.78 is 10.9. The Labute approximate surface area is 166 Å². The van der Waals surface area contributed by atoms with E-state index in [0.29, 0.717) is 12.3 Å². The number of benzene rings is 1. The Morgan fingerprint density at radius 3 is 2.86 bits per heavy atom. The van der Waals surface area contributed by atoms with Crippen molar-refractivity contribution in [2.45, 2.75) is 45.6 Å². The van der Waals surface area contributed by atoms with Crippen LogP contribution in [0.1, 0.15) is 45.1 Å². The molecular formula is C23H27NO4. The summed E-state index contributed by atoms with van der Waals surface area (Å²) in [6.07, 6.45) is 8.64. The molecule has 2 aliphatic rings. The molecule has 3 rings (SSSR count). The Morgan fingerprint density at radius 2 is 2.07 bits per heavy atom. The van der Waals surface area contributed by atoms with Crippen LogP contribution >= 0.6 is 0 Å². The largest absolute Gasteiger partial charge is 0.454 e. The lowest BCUT2D eigenvalue weighted by atomic mass is 9.85. The summed E-state index contributed by atoms with van der Waals surface area (Å²) in [5.74, 6) is 0.734. The molecule has 2 atom stereocenters. The van der Waals surface area contributed by atoms with Gasteiger partial charge in [-0.25, -0.2) is 9.59 Å². The zero-order chi connectivity index (χ0) is 20.1. The van der Waals surface area contributed by atoms with Gasteiger partial charge in [0.2, 0.25) is 0 Å². The highest BCUT2D eigenvalue weighted by atomic mass is 16.6. The first kappa shape index (κ1) is 19.9. The Bertz CT molecular complexity index is 835. The maximum atomic E-state index is 12.1. The van der Waals surface area contributed by atoms with Crippen LogP contribution in [-0.2, 0) is 9.53 Å². The van der Waals surface area contributed by atoms with Crippen LogP contribution in [0.2, 0.25) is 0 Å². The fraction of sp³-hybridized carbons (Fsp3) is 0.391. The maximum absolute atomic E-state index is 12.1. The Kier molecular flexibility index (Phi) is 6.34. The topological polar surface area (TPSA) is 64.6 Å². The van der Waals surface area contributed by atoms with Gasteiger partial charge in [0.1, 0.15) is 11.9 Å². The van der Waals surface area contributed by atoms with Gasteiger partial charge in [-0.05, 0) is 49.0 Å². The van der Waals surface area contributed by atoms with E-state index in [1.165, 1.54) is 0 Å². The summed E-state index contributed by atoms with van der Waals surface area (Å²) in [6, 6.07) is 7.58. The molecule has 5 nitrogen and oxygen atoms in total. The van der Waals surface area contributed by atoms with E-state index in [-0.39, 0.29) is 23.9 Å². The average molecular weight is 381 g/mol. The zero-order valence-electron chi connectivity index (χ0n) is 16.6. The van der Waals surface area contributed by atoms with Gasteiger partial charge in [0, 0.05) is 18.5 Å². The van der Waals surface area contributed by atoms with Crippen molar-refractivity contribution < 1.29 is 19.1 Å². The van der Waals surface area contributed by atoms with Crippen molar-refractivity contribution in [2.24, 2.45) is 5.92 Å². The molecule has 0 radical (unpaired) electrons. The number of allylic oxidation sites excluding steroid dienone is 2. The molecule has 5 heteroatoms. The monoisotopic (exact) mass is 381 g/mol. The summed E-state index contributed by atoms with van der Waals surface area (Å²) in [5.41, 5.74) is 3.15. The van der Waals surface area contributed by atoms with Crippen molar-refractivity contribution in [3.8, 4) is 5.75 Å². The molecule has 1 aliphatic carbocycles. The summed E-state index contributed by atoms with van der Waals surface area (Å²) in [7, 11) is 0. The van der Waals surface area contributed by atoms with Gasteiger partial charge in [-0.1, -0.05) is 49.8 Å². The van der Waals surface area contributed by atoms with Gasteiger partial charge in [0.05, 0.1) is 0 Å². The summed E-state index contributed by atoms with van der Waals surface area (Å²) in [4.78, 5) is 23.6. The van der Waals surface area contributed by atoms with E-state index in [1.807, 2.05) is 37.3 Å². The molecule has 0 fully saturated rings. The van der Waals surface area contributed by atoms with E-state index in [0.717, 1.165) is 29.6 Å². The molecule has 28 heavy (non-hydrogen) atoms. The standard InChI is InChI=1S/C23H27NO4/c1-15(2)18-8-4-5-9-20(18)28-23(26)24-12-6-7-17-10-11-19-16(3)13-22(25)27-21(19)14-17/h4-5,8-11,13-15,19,21H,6-7,12H2,1-3H3,(H,24,26). The highest BCUT2D eigenvalue weighted by molar-refractivity contribution is 5.84. The molecule has 148 valence electrons. The predicted molar refractivity (Wildman–Crippen MR) is 108 cm³/mol. The van der Waals surface area contributed by atoms with E-state index < -0.39 is 6.09 Å². The number of carbonyl (C=O) groups excluding carboxylic acids is 2. The first-order chi connectivity index (χ1) is 13.4. The minimum absolute atomic E-state index is 0.135. The second-order valence-electron chi connectivity index (χ2n) is 7.53. The Morgan fingerprint density at radius 1 is 1.29 bits per heavy atom. The van der Waals surface area contributed by atoms with E-state index in [2.05, 4.69) is 31.3 Å². The fourth-order valence-corrected chi connectivity index (χ4v) is 3.51. The second-order valence-corrected chi connectivity index (χ2v) is 7.53. The summed E-state index contributed by atoms with van der Waals surface area (Å²) in [6.45, 7) is 6.60. The smallest absolute Gasteiger partial charge is 0.412 e. The van der Waals surface area contributed by atoms with Crippen LogP contribution in [-0.4, -0.2) is 24.7 Å². The van der Waals surface area contributed by atoms with Crippen molar-refractivity contribution in [3.05, 3.63) is 65.3 Å². The van der Waals surface area contributed by atoms with Gasteiger partial charge >= 0.3 is 12.1 Å². The lowest BCUT2D eigenvalue weighted by molar-refractivity contribution is -0.143. The molecule has 0 aromatic heterocycles. The number of para-hydroxylation sites is 1. The highest BCUT2D eigenvalue weighted by Crippen LogP contribution is 2.30. The van der Waals surface area contributed by atoms with E-state index in [1.54, 1.807) is 6.08 Å². The molecule has 0 saturated carbocycles. The average Bonchev–Trinajstić information content (AvgIpc) is 2.65. The maximum Gasteiger partial charge on any atom is 0.412 e. The van der Waals surface area contributed by atoms with E-state index in [4.69, 9.17) is 9.47 Å². The summed E-state index contributed by atoms with van der Waals surface area (Å²) >= 11 is 0. The van der Waals surface area contributed by atoms with E-state index >= 15 is 0 Å². The number of hydrogen-bond donors (Lipinski definition) is 1. The number of ether oxygens (including phenoxy) is 2. The van der Waals surface area contributed by atoms with Crippen molar-refractivity contribution in [2.75, 3.05) is 6.54 Å². The van der Waals surface area contributed by atoms with Crippen LogP contribution in [0.5, 0.6) is 5.75 Å². The normalized spacial score (nSPS) is 20.8. The number of carbonyl (C=O) groups is 2. The molecule has 0 saturated heterocycles. The lowest BCUT2D eigenvalue weighted by Gasteiger charge is -2.29. The van der Waals surface area contributed by atoms with Crippen LogP contribution in [0.3, 0.4) is 0 Å². The summed E-state index contributed by atoms with van der Waals surface area (Å²) in [5, 5.41) is 2.80. The molecule has 1 aromatic rings. The number of esters is 1. The molecule has 0 spiro atoms. The molecule has 0 bridgehead atoms. The number of rotatable bonds is 6. The van der Waals surface area contributed by atoms with Crippen molar-refractivity contribution in [1.82, 2.24) is 5.32 Å².